The molecule has 0 aliphatic rings. The minimum atomic E-state index is -0.269. The Morgan fingerprint density at radius 3 is 2.94 bits per heavy atom. The molecule has 6 nitrogen and oxygen atoms in total. The first-order valence-electron chi connectivity index (χ1n) is 4.99. The average molecular weight is 252 g/mol. The molecule has 1 N–H and O–H groups in total. The Bertz CT molecular complexity index is 482. The van der Waals surface area contributed by atoms with E-state index in [1.165, 1.54) is 12.1 Å². The summed E-state index contributed by atoms with van der Waals surface area (Å²) in [6.45, 7) is 1.16. The molecule has 88 valence electrons. The Morgan fingerprint density at radius 1 is 1.41 bits per heavy atom. The smallest absolute Gasteiger partial charge is 0.271 e. The monoisotopic (exact) mass is 251 g/mol. The van der Waals surface area contributed by atoms with Gasteiger partial charge in [-0.05, 0) is 12.1 Å². The summed E-state index contributed by atoms with van der Waals surface area (Å²) in [4.78, 5) is 15.5. The third kappa shape index (κ3) is 3.25. The molecule has 2 aromatic heterocycles. The molecule has 2 aromatic rings. The molecule has 0 radical (unpaired) electrons. The van der Waals surface area contributed by atoms with Crippen molar-refractivity contribution in [3.8, 4) is 0 Å². The van der Waals surface area contributed by atoms with Crippen molar-refractivity contribution in [2.24, 2.45) is 0 Å². The zero-order valence-corrected chi connectivity index (χ0v) is 9.63. The average Bonchev–Trinajstić information content (AvgIpc) is 2.83. The number of aromatic nitrogens is 4. The van der Waals surface area contributed by atoms with Gasteiger partial charge in [-0.3, -0.25) is 4.79 Å². The number of carbonyl (C=O) groups is 1. The number of hydrogen-bond acceptors (Lipinski definition) is 4. The SMILES string of the molecule is O=C(NCCn1ccnc1)c1ccc(Cl)nn1. The zero-order chi connectivity index (χ0) is 12.1. The Kier molecular flexibility index (Phi) is 3.66. The fraction of sp³-hybridized carbons (Fsp3) is 0.200. The summed E-state index contributed by atoms with van der Waals surface area (Å²) in [5.41, 5.74) is 0.250. The molecule has 2 heterocycles. The van der Waals surface area contributed by atoms with Crippen LogP contribution in [0, 0.1) is 0 Å². The molecule has 0 fully saturated rings. The van der Waals surface area contributed by atoms with E-state index in [0.29, 0.717) is 13.1 Å². The van der Waals surface area contributed by atoms with Gasteiger partial charge >= 0.3 is 0 Å². The third-order valence-electron chi connectivity index (χ3n) is 2.08. The Labute approximate surface area is 103 Å². The Balaban J connectivity index is 1.83. The van der Waals surface area contributed by atoms with Gasteiger partial charge in [0.15, 0.2) is 10.8 Å². The molecule has 0 aromatic carbocycles. The van der Waals surface area contributed by atoms with E-state index in [-0.39, 0.29) is 16.8 Å². The summed E-state index contributed by atoms with van der Waals surface area (Å²) in [6.07, 6.45) is 5.20. The molecule has 0 bridgehead atoms. The van der Waals surface area contributed by atoms with Crippen LogP contribution >= 0.6 is 11.6 Å². The highest BCUT2D eigenvalue weighted by Gasteiger charge is 2.06. The molecule has 0 saturated heterocycles. The lowest BCUT2D eigenvalue weighted by Crippen LogP contribution is -2.27. The molecule has 1 amide bonds. The van der Waals surface area contributed by atoms with Crippen LogP contribution in [-0.2, 0) is 6.54 Å². The van der Waals surface area contributed by atoms with E-state index in [4.69, 9.17) is 11.6 Å². The standard InChI is InChI=1S/C10H10ClN5O/c11-9-2-1-8(14-15-9)10(17)13-4-6-16-5-3-12-7-16/h1-3,5,7H,4,6H2,(H,13,17). The maximum absolute atomic E-state index is 11.6. The van der Waals surface area contributed by atoms with Crippen LogP contribution in [-0.4, -0.2) is 32.2 Å². The minimum absolute atomic E-state index is 0.250. The lowest BCUT2D eigenvalue weighted by molar-refractivity contribution is 0.0946. The molecular weight excluding hydrogens is 242 g/mol. The van der Waals surface area contributed by atoms with Crippen LogP contribution in [0.5, 0.6) is 0 Å². The minimum Gasteiger partial charge on any atom is -0.349 e. The number of nitrogens with zero attached hydrogens (tertiary/aromatic N) is 4. The summed E-state index contributed by atoms with van der Waals surface area (Å²) in [5, 5.41) is 10.3. The quantitative estimate of drug-likeness (QED) is 0.871. The van der Waals surface area contributed by atoms with Gasteiger partial charge in [-0.15, -0.1) is 10.2 Å². The van der Waals surface area contributed by atoms with E-state index >= 15 is 0 Å². The van der Waals surface area contributed by atoms with Crippen LogP contribution in [0.1, 0.15) is 10.5 Å². The lowest BCUT2D eigenvalue weighted by Gasteiger charge is -2.04. The van der Waals surface area contributed by atoms with Crippen molar-refractivity contribution in [2.45, 2.75) is 6.54 Å². The second-order valence-corrected chi connectivity index (χ2v) is 3.68. The van der Waals surface area contributed by atoms with E-state index in [0.717, 1.165) is 0 Å². The van der Waals surface area contributed by atoms with Crippen LogP contribution in [0.15, 0.2) is 30.9 Å². The van der Waals surface area contributed by atoms with E-state index < -0.39 is 0 Å². The first-order valence-corrected chi connectivity index (χ1v) is 5.36. The van der Waals surface area contributed by atoms with Gasteiger partial charge in [0.25, 0.3) is 5.91 Å². The second-order valence-electron chi connectivity index (χ2n) is 3.30. The molecule has 0 aliphatic carbocycles. The van der Waals surface area contributed by atoms with E-state index in [2.05, 4.69) is 20.5 Å². The number of halogens is 1. The van der Waals surface area contributed by atoms with Gasteiger partial charge in [-0.1, -0.05) is 11.6 Å². The van der Waals surface area contributed by atoms with E-state index in [1.54, 1.807) is 12.5 Å². The highest BCUT2D eigenvalue weighted by Crippen LogP contribution is 2.01. The van der Waals surface area contributed by atoms with Crippen LogP contribution < -0.4 is 5.32 Å². The van der Waals surface area contributed by atoms with Crippen molar-refractivity contribution in [1.29, 1.82) is 0 Å². The largest absolute Gasteiger partial charge is 0.349 e. The van der Waals surface area contributed by atoms with Crippen molar-refractivity contribution >= 4 is 17.5 Å². The number of rotatable bonds is 4. The van der Waals surface area contributed by atoms with Gasteiger partial charge in [0.2, 0.25) is 0 Å². The van der Waals surface area contributed by atoms with Crippen LogP contribution in [0.3, 0.4) is 0 Å². The topological polar surface area (TPSA) is 72.7 Å². The molecule has 7 heteroatoms. The molecule has 2 rings (SSSR count). The van der Waals surface area contributed by atoms with E-state index in [9.17, 15) is 4.79 Å². The van der Waals surface area contributed by atoms with Crippen molar-refractivity contribution in [2.75, 3.05) is 6.54 Å². The van der Waals surface area contributed by atoms with E-state index in [1.807, 2.05) is 10.8 Å². The number of carbonyl (C=O) groups excluding carboxylic acids is 1. The lowest BCUT2D eigenvalue weighted by atomic mass is 10.3. The molecule has 0 aliphatic heterocycles. The first kappa shape index (κ1) is 11.5. The molecule has 0 unspecified atom stereocenters. The number of amides is 1. The van der Waals surface area contributed by atoms with Gasteiger partial charge in [0, 0.05) is 25.5 Å². The summed E-state index contributed by atoms with van der Waals surface area (Å²) in [5.74, 6) is -0.269. The number of hydrogen-bond donors (Lipinski definition) is 1. The second kappa shape index (κ2) is 5.40. The molecule has 0 spiro atoms. The predicted molar refractivity (Wildman–Crippen MR) is 61.6 cm³/mol. The van der Waals surface area contributed by atoms with Gasteiger partial charge in [-0.25, -0.2) is 4.98 Å². The predicted octanol–water partition coefficient (Wildman–Crippen LogP) is 0.756. The first-order chi connectivity index (χ1) is 8.25. The molecule has 0 atom stereocenters. The third-order valence-corrected chi connectivity index (χ3v) is 2.28. The normalized spacial score (nSPS) is 10.2. The fourth-order valence-electron chi connectivity index (χ4n) is 1.25. The van der Waals surface area contributed by atoms with Gasteiger partial charge in [0.05, 0.1) is 6.33 Å². The van der Waals surface area contributed by atoms with Crippen molar-refractivity contribution in [3.63, 3.8) is 0 Å². The van der Waals surface area contributed by atoms with Crippen molar-refractivity contribution < 1.29 is 4.79 Å². The van der Waals surface area contributed by atoms with Crippen molar-refractivity contribution in [1.82, 2.24) is 25.1 Å². The van der Waals surface area contributed by atoms with Gasteiger partial charge < -0.3 is 9.88 Å². The molecule has 17 heavy (non-hydrogen) atoms. The maximum Gasteiger partial charge on any atom is 0.271 e. The molecular formula is C10H10ClN5O. The maximum atomic E-state index is 11.6. The van der Waals surface area contributed by atoms with Crippen molar-refractivity contribution in [3.05, 3.63) is 41.7 Å². The summed E-state index contributed by atoms with van der Waals surface area (Å²) >= 11 is 5.57. The van der Waals surface area contributed by atoms with Gasteiger partial charge in [-0.2, -0.15) is 0 Å². The van der Waals surface area contributed by atoms with Crippen LogP contribution in [0.4, 0.5) is 0 Å². The Morgan fingerprint density at radius 2 is 2.29 bits per heavy atom. The number of nitrogens with one attached hydrogen (secondary N) is 1. The Hall–Kier alpha value is -1.95. The summed E-state index contributed by atoms with van der Waals surface area (Å²) < 4.78 is 1.87. The zero-order valence-electron chi connectivity index (χ0n) is 8.88. The van der Waals surface area contributed by atoms with Crippen LogP contribution in [0.25, 0.3) is 0 Å². The summed E-state index contributed by atoms with van der Waals surface area (Å²) in [7, 11) is 0. The highest BCUT2D eigenvalue weighted by molar-refractivity contribution is 6.29. The fourth-order valence-corrected chi connectivity index (χ4v) is 1.35. The molecule has 0 saturated carbocycles. The summed E-state index contributed by atoms with van der Waals surface area (Å²) in [6, 6.07) is 3.06. The number of imidazole rings is 1. The van der Waals surface area contributed by atoms with Crippen LogP contribution in [0.2, 0.25) is 5.15 Å². The highest BCUT2D eigenvalue weighted by atomic mass is 35.5. The van der Waals surface area contributed by atoms with Gasteiger partial charge in [0.1, 0.15) is 0 Å².